The van der Waals surface area contributed by atoms with Crippen LogP contribution in [0.1, 0.15) is 64.2 Å². The van der Waals surface area contributed by atoms with Crippen LogP contribution in [0.3, 0.4) is 0 Å². The van der Waals surface area contributed by atoms with Crippen molar-refractivity contribution in [3.8, 4) is 0 Å². The molecule has 0 radical (unpaired) electrons. The highest BCUT2D eigenvalue weighted by Crippen LogP contribution is 2.20. The highest BCUT2D eigenvalue weighted by molar-refractivity contribution is 4.81. The Morgan fingerprint density at radius 2 is 1.38 bits per heavy atom. The molecule has 2 fully saturated rings. The molecule has 16 heavy (non-hydrogen) atoms. The molecule has 2 heteroatoms. The molecule has 0 aromatic heterocycles. The lowest BCUT2D eigenvalue weighted by Crippen LogP contribution is -2.48. The Bertz CT molecular complexity index is 164. The van der Waals surface area contributed by atoms with Crippen LogP contribution < -0.4 is 5.32 Å². The van der Waals surface area contributed by atoms with Gasteiger partial charge >= 0.3 is 0 Å². The first kappa shape index (κ1) is 12.4. The van der Waals surface area contributed by atoms with Gasteiger partial charge in [0.1, 0.15) is 0 Å². The molecule has 94 valence electrons. The molecule has 2 rings (SSSR count). The smallest absolute Gasteiger partial charge is 0.0728 e. The maximum Gasteiger partial charge on any atom is 0.0728 e. The van der Waals surface area contributed by atoms with Crippen molar-refractivity contribution in [2.45, 2.75) is 76.4 Å². The molecule has 2 nitrogen and oxygen atoms in total. The van der Waals surface area contributed by atoms with Gasteiger partial charge in [0.2, 0.25) is 0 Å². The van der Waals surface area contributed by atoms with Crippen molar-refractivity contribution < 1.29 is 4.74 Å². The summed E-state index contributed by atoms with van der Waals surface area (Å²) in [6.45, 7) is 1.97. The standard InChI is InChI=1S/C14H27NO/c1-2-4-6-8-10-14-13(9-7-5-3-1)15-11-12-16-14/h13-15H,1-12H2. The van der Waals surface area contributed by atoms with Crippen molar-refractivity contribution in [1.82, 2.24) is 5.32 Å². The van der Waals surface area contributed by atoms with E-state index in [4.69, 9.17) is 4.74 Å². The van der Waals surface area contributed by atoms with E-state index in [1.54, 1.807) is 0 Å². The first-order valence-corrected chi connectivity index (χ1v) is 7.32. The van der Waals surface area contributed by atoms with Crippen molar-refractivity contribution in [1.29, 1.82) is 0 Å². The third kappa shape index (κ3) is 4.06. The lowest BCUT2D eigenvalue weighted by atomic mass is 9.95. The molecule has 0 amide bonds. The molecule has 2 unspecified atom stereocenters. The third-order valence-corrected chi connectivity index (χ3v) is 4.04. The van der Waals surface area contributed by atoms with Gasteiger partial charge in [0, 0.05) is 12.6 Å². The van der Waals surface area contributed by atoms with Gasteiger partial charge in [0.05, 0.1) is 12.7 Å². The Hall–Kier alpha value is -0.0800. The largest absolute Gasteiger partial charge is 0.375 e. The zero-order chi connectivity index (χ0) is 11.1. The Balaban J connectivity index is 1.79. The van der Waals surface area contributed by atoms with Crippen LogP contribution in [0.4, 0.5) is 0 Å². The van der Waals surface area contributed by atoms with Gasteiger partial charge in [0.15, 0.2) is 0 Å². The van der Waals surface area contributed by atoms with Crippen molar-refractivity contribution >= 4 is 0 Å². The Labute approximate surface area is 100 Å². The van der Waals surface area contributed by atoms with Crippen molar-refractivity contribution in [2.24, 2.45) is 0 Å². The normalized spacial score (nSPS) is 34.5. The summed E-state index contributed by atoms with van der Waals surface area (Å²) < 4.78 is 5.92. The molecule has 1 N–H and O–H groups in total. The summed E-state index contributed by atoms with van der Waals surface area (Å²) in [7, 11) is 0. The maximum absolute atomic E-state index is 5.92. The maximum atomic E-state index is 5.92. The fourth-order valence-corrected chi connectivity index (χ4v) is 3.05. The summed E-state index contributed by atoms with van der Waals surface area (Å²) >= 11 is 0. The lowest BCUT2D eigenvalue weighted by Gasteiger charge is -2.33. The molecule has 1 saturated heterocycles. The van der Waals surface area contributed by atoms with Crippen molar-refractivity contribution in [2.75, 3.05) is 13.2 Å². The molecule has 2 aliphatic rings. The molecule has 2 atom stereocenters. The van der Waals surface area contributed by atoms with Gasteiger partial charge in [0.25, 0.3) is 0 Å². The number of ether oxygens (including phenoxy) is 1. The van der Waals surface area contributed by atoms with Crippen LogP contribution in [0.25, 0.3) is 0 Å². The second-order valence-electron chi connectivity index (χ2n) is 5.38. The Morgan fingerprint density at radius 3 is 2.12 bits per heavy atom. The van der Waals surface area contributed by atoms with E-state index in [9.17, 15) is 0 Å². The minimum Gasteiger partial charge on any atom is -0.375 e. The third-order valence-electron chi connectivity index (χ3n) is 4.04. The molecular formula is C14H27NO. The fourth-order valence-electron chi connectivity index (χ4n) is 3.05. The van der Waals surface area contributed by atoms with Gasteiger partial charge in [-0.15, -0.1) is 0 Å². The average Bonchev–Trinajstić information content (AvgIpc) is 2.30. The number of fused-ring (bicyclic) bond motifs is 1. The van der Waals surface area contributed by atoms with Crippen LogP contribution in [0.2, 0.25) is 0 Å². The van der Waals surface area contributed by atoms with Crippen molar-refractivity contribution in [3.05, 3.63) is 0 Å². The number of nitrogens with one attached hydrogen (secondary N) is 1. The highest BCUT2D eigenvalue weighted by atomic mass is 16.5. The van der Waals surface area contributed by atoms with Gasteiger partial charge in [-0.25, -0.2) is 0 Å². The van der Waals surface area contributed by atoms with E-state index < -0.39 is 0 Å². The summed E-state index contributed by atoms with van der Waals surface area (Å²) in [4.78, 5) is 0. The summed E-state index contributed by atoms with van der Waals surface area (Å²) in [5, 5.41) is 3.65. The first-order chi connectivity index (χ1) is 7.97. The van der Waals surface area contributed by atoms with Crippen LogP contribution in [-0.4, -0.2) is 25.3 Å². The van der Waals surface area contributed by atoms with Gasteiger partial charge < -0.3 is 10.1 Å². The topological polar surface area (TPSA) is 21.3 Å². The molecule has 0 aromatic carbocycles. The summed E-state index contributed by atoms with van der Waals surface area (Å²) in [6.07, 6.45) is 14.5. The first-order valence-electron chi connectivity index (χ1n) is 7.32. The SMILES string of the molecule is C1CCCCCC2OCCNC2CCCC1. The molecule has 0 aromatic rings. The van der Waals surface area contributed by atoms with Gasteiger partial charge in [-0.1, -0.05) is 51.4 Å². The lowest BCUT2D eigenvalue weighted by molar-refractivity contribution is -0.0128. The van der Waals surface area contributed by atoms with E-state index in [1.165, 1.54) is 64.2 Å². The molecule has 1 saturated carbocycles. The fraction of sp³-hybridized carbons (Fsp3) is 1.00. The quantitative estimate of drug-likeness (QED) is 0.683. The van der Waals surface area contributed by atoms with Crippen LogP contribution >= 0.6 is 0 Å². The minimum atomic E-state index is 0.508. The molecule has 1 aliphatic heterocycles. The highest BCUT2D eigenvalue weighted by Gasteiger charge is 2.24. The zero-order valence-corrected chi connectivity index (χ0v) is 10.5. The molecule has 1 aliphatic carbocycles. The second kappa shape index (κ2) is 7.29. The molecule has 0 bridgehead atoms. The number of rotatable bonds is 0. The Morgan fingerprint density at radius 1 is 0.750 bits per heavy atom. The van der Waals surface area contributed by atoms with E-state index in [2.05, 4.69) is 5.32 Å². The summed E-state index contributed by atoms with van der Waals surface area (Å²) in [5.41, 5.74) is 0. The minimum absolute atomic E-state index is 0.508. The summed E-state index contributed by atoms with van der Waals surface area (Å²) in [5.74, 6) is 0. The van der Waals surface area contributed by atoms with E-state index >= 15 is 0 Å². The van der Waals surface area contributed by atoms with Crippen LogP contribution in [0, 0.1) is 0 Å². The average molecular weight is 225 g/mol. The van der Waals surface area contributed by atoms with E-state index in [0.29, 0.717) is 12.1 Å². The molecule has 0 spiro atoms. The van der Waals surface area contributed by atoms with Crippen LogP contribution in [-0.2, 0) is 4.74 Å². The second-order valence-corrected chi connectivity index (χ2v) is 5.38. The monoisotopic (exact) mass is 225 g/mol. The summed E-state index contributed by atoms with van der Waals surface area (Å²) in [6, 6.07) is 0.646. The van der Waals surface area contributed by atoms with Gasteiger partial charge in [-0.05, 0) is 12.8 Å². The van der Waals surface area contributed by atoms with Gasteiger partial charge in [-0.2, -0.15) is 0 Å². The predicted octanol–water partition coefficient (Wildman–Crippen LogP) is 3.26. The zero-order valence-electron chi connectivity index (χ0n) is 10.5. The van der Waals surface area contributed by atoms with Crippen molar-refractivity contribution in [3.63, 3.8) is 0 Å². The molecular weight excluding hydrogens is 198 g/mol. The number of hydrogen-bond acceptors (Lipinski definition) is 2. The van der Waals surface area contributed by atoms with Crippen LogP contribution in [0.15, 0.2) is 0 Å². The van der Waals surface area contributed by atoms with E-state index in [1.807, 2.05) is 0 Å². The Kier molecular flexibility index (Phi) is 5.64. The number of hydrogen-bond donors (Lipinski definition) is 1. The van der Waals surface area contributed by atoms with E-state index in [-0.39, 0.29) is 0 Å². The van der Waals surface area contributed by atoms with Gasteiger partial charge in [-0.3, -0.25) is 0 Å². The van der Waals surface area contributed by atoms with E-state index in [0.717, 1.165) is 13.2 Å². The van der Waals surface area contributed by atoms with Crippen LogP contribution in [0.5, 0.6) is 0 Å². The molecule has 1 heterocycles. The number of morpholine rings is 1. The predicted molar refractivity (Wildman–Crippen MR) is 67.7 cm³/mol.